The van der Waals surface area contributed by atoms with Crippen molar-refractivity contribution in [2.75, 3.05) is 24.7 Å². The zero-order valence-electron chi connectivity index (χ0n) is 8.50. The lowest BCUT2D eigenvalue weighted by atomic mass is 10.1. The summed E-state index contributed by atoms with van der Waals surface area (Å²) in [5, 5.41) is 0. The van der Waals surface area contributed by atoms with E-state index in [9.17, 15) is 4.39 Å². The average molecular weight is 209 g/mol. The van der Waals surface area contributed by atoms with Crippen molar-refractivity contribution in [3.63, 3.8) is 0 Å². The Labute approximate surface area is 87.4 Å². The van der Waals surface area contributed by atoms with Crippen LogP contribution in [0.25, 0.3) is 0 Å². The maximum atomic E-state index is 13.5. The van der Waals surface area contributed by atoms with Gasteiger partial charge in [-0.2, -0.15) is 0 Å². The van der Waals surface area contributed by atoms with Gasteiger partial charge in [0.25, 0.3) is 0 Å². The first-order valence-corrected chi connectivity index (χ1v) is 5.12. The van der Waals surface area contributed by atoms with E-state index in [2.05, 4.69) is 11.8 Å². The molecule has 0 fully saturated rings. The van der Waals surface area contributed by atoms with Crippen molar-refractivity contribution < 1.29 is 13.9 Å². The fraction of sp³-hybridized carbons (Fsp3) is 0.455. The lowest BCUT2D eigenvalue weighted by Crippen LogP contribution is -2.45. The molecule has 2 aliphatic heterocycles. The summed E-state index contributed by atoms with van der Waals surface area (Å²) in [5.74, 6) is 0.755. The van der Waals surface area contributed by atoms with Gasteiger partial charge < -0.3 is 14.4 Å². The molecule has 2 heterocycles. The van der Waals surface area contributed by atoms with Crippen molar-refractivity contribution in [2.24, 2.45) is 0 Å². The zero-order chi connectivity index (χ0) is 10.4. The van der Waals surface area contributed by atoms with Crippen molar-refractivity contribution >= 4 is 5.69 Å². The molecule has 1 aromatic rings. The highest BCUT2D eigenvalue weighted by Crippen LogP contribution is 2.44. The third-order valence-electron chi connectivity index (χ3n) is 2.92. The second-order valence-corrected chi connectivity index (χ2v) is 3.93. The number of rotatable bonds is 0. The van der Waals surface area contributed by atoms with Gasteiger partial charge in [0, 0.05) is 0 Å². The highest BCUT2D eigenvalue weighted by Gasteiger charge is 2.32. The molecule has 1 aromatic carbocycles. The van der Waals surface area contributed by atoms with Crippen LogP contribution >= 0.6 is 0 Å². The van der Waals surface area contributed by atoms with Gasteiger partial charge in [0.1, 0.15) is 24.7 Å². The maximum Gasteiger partial charge on any atom is 0.182 e. The van der Waals surface area contributed by atoms with E-state index in [0.29, 0.717) is 19.0 Å². The molecule has 80 valence electrons. The quantitative estimate of drug-likeness (QED) is 0.650. The monoisotopic (exact) mass is 209 g/mol. The molecule has 2 aliphatic rings. The molecular formula is C11H12FNO2. The number of nitrogens with zero attached hydrogens (tertiary/aromatic N) is 1. The van der Waals surface area contributed by atoms with E-state index >= 15 is 0 Å². The molecular weight excluding hydrogens is 197 g/mol. The molecule has 0 amide bonds. The molecule has 0 N–H and O–H groups in total. The minimum absolute atomic E-state index is 0.280. The summed E-state index contributed by atoms with van der Waals surface area (Å²) in [6, 6.07) is 3.34. The van der Waals surface area contributed by atoms with Crippen LogP contribution in [-0.2, 0) is 0 Å². The fourth-order valence-corrected chi connectivity index (χ4v) is 2.15. The number of anilines is 1. The Bertz CT molecular complexity index is 408. The first-order valence-electron chi connectivity index (χ1n) is 5.12. The molecule has 0 spiro atoms. The zero-order valence-corrected chi connectivity index (χ0v) is 8.50. The fourth-order valence-electron chi connectivity index (χ4n) is 2.15. The topological polar surface area (TPSA) is 21.7 Å². The minimum atomic E-state index is -0.309. The van der Waals surface area contributed by atoms with Gasteiger partial charge in [0.2, 0.25) is 0 Å². The van der Waals surface area contributed by atoms with Crippen LogP contribution in [0.4, 0.5) is 10.1 Å². The van der Waals surface area contributed by atoms with Crippen LogP contribution in [0.15, 0.2) is 12.1 Å². The van der Waals surface area contributed by atoms with E-state index in [4.69, 9.17) is 9.47 Å². The van der Waals surface area contributed by atoms with Crippen molar-refractivity contribution in [1.82, 2.24) is 0 Å². The number of benzene rings is 1. The minimum Gasteiger partial charge on any atom is -0.489 e. The first-order chi connectivity index (χ1) is 7.27. The van der Waals surface area contributed by atoms with E-state index < -0.39 is 0 Å². The summed E-state index contributed by atoms with van der Waals surface area (Å²) in [7, 11) is 0. The summed E-state index contributed by atoms with van der Waals surface area (Å²) in [6.07, 6.45) is 0. The van der Waals surface area contributed by atoms with Gasteiger partial charge >= 0.3 is 0 Å². The molecule has 3 rings (SSSR count). The first kappa shape index (κ1) is 8.83. The maximum absolute atomic E-state index is 13.5. The number of hydrogen-bond acceptors (Lipinski definition) is 3. The number of hydrogen-bond donors (Lipinski definition) is 0. The second-order valence-electron chi connectivity index (χ2n) is 3.93. The van der Waals surface area contributed by atoms with Gasteiger partial charge in [0.05, 0.1) is 12.6 Å². The van der Waals surface area contributed by atoms with Gasteiger partial charge in [-0.1, -0.05) is 0 Å². The van der Waals surface area contributed by atoms with Gasteiger partial charge in [-0.05, 0) is 19.1 Å². The molecule has 1 atom stereocenters. The number of ether oxygens (including phenoxy) is 2. The van der Waals surface area contributed by atoms with Crippen molar-refractivity contribution in [2.45, 2.75) is 13.0 Å². The van der Waals surface area contributed by atoms with Crippen molar-refractivity contribution in [1.29, 1.82) is 0 Å². The Balaban J connectivity index is 2.20. The highest BCUT2D eigenvalue weighted by molar-refractivity contribution is 5.70. The lowest BCUT2D eigenvalue weighted by molar-refractivity contribution is 0.229. The SMILES string of the molecule is C[C@H]1COc2ccc(F)c3c2N1CCO3. The van der Waals surface area contributed by atoms with E-state index in [0.717, 1.165) is 18.0 Å². The van der Waals surface area contributed by atoms with Crippen LogP contribution in [0, 0.1) is 5.82 Å². The standard InChI is InChI=1S/C11H12FNO2/c1-7-6-15-9-3-2-8(12)11-10(9)13(7)4-5-14-11/h2-3,7H,4-6H2,1H3/t7-/m0/s1. The molecule has 4 heteroatoms. The predicted molar refractivity (Wildman–Crippen MR) is 54.2 cm³/mol. The second kappa shape index (κ2) is 3.02. The largest absolute Gasteiger partial charge is 0.489 e. The third-order valence-corrected chi connectivity index (χ3v) is 2.92. The molecule has 0 unspecified atom stereocenters. The van der Waals surface area contributed by atoms with Crippen LogP contribution < -0.4 is 14.4 Å². The van der Waals surface area contributed by atoms with E-state index in [1.165, 1.54) is 6.07 Å². The van der Waals surface area contributed by atoms with Gasteiger partial charge in [-0.25, -0.2) is 4.39 Å². The van der Waals surface area contributed by atoms with E-state index in [1.54, 1.807) is 6.07 Å². The van der Waals surface area contributed by atoms with E-state index in [-0.39, 0.29) is 11.9 Å². The smallest absolute Gasteiger partial charge is 0.182 e. The summed E-state index contributed by atoms with van der Waals surface area (Å²) in [4.78, 5) is 2.15. The summed E-state index contributed by atoms with van der Waals surface area (Å²) in [6.45, 7) is 4.06. The molecule has 0 saturated heterocycles. The Kier molecular flexibility index (Phi) is 1.78. The number of halogens is 1. The van der Waals surface area contributed by atoms with Gasteiger partial charge in [-0.15, -0.1) is 0 Å². The van der Waals surface area contributed by atoms with Crippen molar-refractivity contribution in [3.8, 4) is 11.5 Å². The lowest BCUT2D eigenvalue weighted by Gasteiger charge is -2.40. The molecule has 0 aliphatic carbocycles. The van der Waals surface area contributed by atoms with Crippen LogP contribution in [0.2, 0.25) is 0 Å². The Morgan fingerprint density at radius 3 is 3.13 bits per heavy atom. The van der Waals surface area contributed by atoms with Crippen molar-refractivity contribution in [3.05, 3.63) is 17.9 Å². The normalized spacial score (nSPS) is 22.8. The molecule has 15 heavy (non-hydrogen) atoms. The third kappa shape index (κ3) is 1.17. The molecule has 3 nitrogen and oxygen atoms in total. The molecule has 0 radical (unpaired) electrons. The summed E-state index contributed by atoms with van der Waals surface area (Å²) < 4.78 is 24.4. The predicted octanol–water partition coefficient (Wildman–Crippen LogP) is 1.81. The molecule has 0 saturated carbocycles. The molecule has 0 bridgehead atoms. The summed E-state index contributed by atoms with van der Waals surface area (Å²) >= 11 is 0. The molecule has 0 aromatic heterocycles. The van der Waals surface area contributed by atoms with E-state index in [1.807, 2.05) is 0 Å². The van der Waals surface area contributed by atoms with Crippen LogP contribution in [-0.4, -0.2) is 25.8 Å². The van der Waals surface area contributed by atoms with Gasteiger partial charge in [-0.3, -0.25) is 0 Å². The summed E-state index contributed by atoms with van der Waals surface area (Å²) in [5.41, 5.74) is 0.778. The highest BCUT2D eigenvalue weighted by atomic mass is 19.1. The Hall–Kier alpha value is -1.45. The van der Waals surface area contributed by atoms with Crippen LogP contribution in [0.3, 0.4) is 0 Å². The average Bonchev–Trinajstić information content (AvgIpc) is 2.27. The van der Waals surface area contributed by atoms with Crippen LogP contribution in [0.1, 0.15) is 6.92 Å². The van der Waals surface area contributed by atoms with Gasteiger partial charge in [0.15, 0.2) is 11.6 Å². The van der Waals surface area contributed by atoms with Crippen LogP contribution in [0.5, 0.6) is 11.5 Å². The Morgan fingerprint density at radius 2 is 2.27 bits per heavy atom. The Morgan fingerprint density at radius 1 is 1.40 bits per heavy atom.